The number of hydrogen-bond donors (Lipinski definition) is 1. The highest BCUT2D eigenvalue weighted by Crippen LogP contribution is 2.22. The molecule has 1 atom stereocenters. The largest absolute Gasteiger partial charge is 0.448 e. The van der Waals surface area contributed by atoms with Crippen molar-refractivity contribution >= 4 is 6.09 Å². The first kappa shape index (κ1) is 9.32. The number of carbonyl (C=O) groups is 1. The van der Waals surface area contributed by atoms with Crippen LogP contribution >= 0.6 is 0 Å². The number of rotatable bonds is 3. The number of amides is 1. The Balaban J connectivity index is 2.71. The first-order chi connectivity index (χ1) is 5.64. The van der Waals surface area contributed by atoms with Crippen LogP contribution in [0.2, 0.25) is 0 Å². The fourth-order valence-electron chi connectivity index (χ4n) is 1.27. The average Bonchev–Trinajstić information content (AvgIpc) is 2.51. The second-order valence-electron chi connectivity index (χ2n) is 3.27. The standard InChI is InChI=1S/C8H15NO3/c1-3-8(2,6-10)9-4-5-12-7(9)11/h10H,3-6H2,1-2H3. The SMILES string of the molecule is CCC(C)(CO)N1CCOC1=O. The van der Waals surface area contributed by atoms with Gasteiger partial charge >= 0.3 is 6.09 Å². The summed E-state index contributed by atoms with van der Waals surface area (Å²) in [4.78, 5) is 12.7. The van der Waals surface area contributed by atoms with Crippen molar-refractivity contribution in [2.75, 3.05) is 19.8 Å². The van der Waals surface area contributed by atoms with E-state index in [0.29, 0.717) is 13.2 Å². The lowest BCUT2D eigenvalue weighted by Crippen LogP contribution is -2.49. The lowest BCUT2D eigenvalue weighted by molar-refractivity contribution is 0.0697. The molecule has 0 aromatic carbocycles. The molecule has 0 aromatic heterocycles. The van der Waals surface area contributed by atoms with Crippen molar-refractivity contribution < 1.29 is 14.6 Å². The fourth-order valence-corrected chi connectivity index (χ4v) is 1.27. The van der Waals surface area contributed by atoms with Gasteiger partial charge in [0.25, 0.3) is 0 Å². The number of aliphatic hydroxyl groups excluding tert-OH is 1. The Morgan fingerprint density at radius 1 is 1.75 bits per heavy atom. The van der Waals surface area contributed by atoms with E-state index in [1.165, 1.54) is 0 Å². The summed E-state index contributed by atoms with van der Waals surface area (Å²) in [7, 11) is 0. The Labute approximate surface area is 72.1 Å². The van der Waals surface area contributed by atoms with Gasteiger partial charge in [-0.3, -0.25) is 4.90 Å². The third-order valence-electron chi connectivity index (χ3n) is 2.51. The summed E-state index contributed by atoms with van der Waals surface area (Å²) in [6, 6.07) is 0. The quantitative estimate of drug-likeness (QED) is 0.680. The highest BCUT2D eigenvalue weighted by atomic mass is 16.6. The average molecular weight is 173 g/mol. The molecule has 0 aromatic rings. The van der Waals surface area contributed by atoms with Crippen molar-refractivity contribution in [3.8, 4) is 0 Å². The van der Waals surface area contributed by atoms with Gasteiger partial charge in [0.1, 0.15) is 6.61 Å². The molecule has 0 bridgehead atoms. The summed E-state index contributed by atoms with van der Waals surface area (Å²) in [5, 5.41) is 9.11. The van der Waals surface area contributed by atoms with E-state index in [2.05, 4.69) is 0 Å². The molecule has 1 saturated heterocycles. The van der Waals surface area contributed by atoms with Gasteiger partial charge in [0, 0.05) is 0 Å². The second kappa shape index (κ2) is 3.31. The molecule has 1 rings (SSSR count). The van der Waals surface area contributed by atoms with E-state index >= 15 is 0 Å². The smallest absolute Gasteiger partial charge is 0.410 e. The first-order valence-corrected chi connectivity index (χ1v) is 4.19. The van der Waals surface area contributed by atoms with E-state index in [4.69, 9.17) is 9.84 Å². The summed E-state index contributed by atoms with van der Waals surface area (Å²) in [6.07, 6.45) is 0.423. The van der Waals surface area contributed by atoms with E-state index in [9.17, 15) is 4.79 Å². The van der Waals surface area contributed by atoms with Crippen LogP contribution in [0.3, 0.4) is 0 Å². The van der Waals surface area contributed by atoms with Crippen molar-refractivity contribution in [3.05, 3.63) is 0 Å². The van der Waals surface area contributed by atoms with Crippen molar-refractivity contribution in [2.24, 2.45) is 0 Å². The van der Waals surface area contributed by atoms with Crippen LogP contribution in [0.25, 0.3) is 0 Å². The topological polar surface area (TPSA) is 49.8 Å². The molecular formula is C8H15NO3. The van der Waals surface area contributed by atoms with Crippen molar-refractivity contribution in [1.82, 2.24) is 4.90 Å². The van der Waals surface area contributed by atoms with Gasteiger partial charge in [0.15, 0.2) is 0 Å². The highest BCUT2D eigenvalue weighted by molar-refractivity contribution is 5.70. The Morgan fingerprint density at radius 2 is 2.42 bits per heavy atom. The van der Waals surface area contributed by atoms with Crippen LogP contribution in [-0.2, 0) is 4.74 Å². The molecule has 1 heterocycles. The van der Waals surface area contributed by atoms with Crippen LogP contribution < -0.4 is 0 Å². The third kappa shape index (κ3) is 1.39. The van der Waals surface area contributed by atoms with Gasteiger partial charge in [-0.1, -0.05) is 6.92 Å². The van der Waals surface area contributed by atoms with Crippen LogP contribution in [0.5, 0.6) is 0 Å². The monoisotopic (exact) mass is 173 g/mol. The zero-order chi connectivity index (χ0) is 9.19. The Hall–Kier alpha value is -0.770. The number of nitrogens with zero attached hydrogens (tertiary/aromatic N) is 1. The van der Waals surface area contributed by atoms with Crippen LogP contribution in [0.1, 0.15) is 20.3 Å². The van der Waals surface area contributed by atoms with Crippen LogP contribution in [0, 0.1) is 0 Å². The molecule has 12 heavy (non-hydrogen) atoms. The molecule has 0 spiro atoms. The molecule has 0 saturated carbocycles. The van der Waals surface area contributed by atoms with Gasteiger partial charge in [0.05, 0.1) is 18.7 Å². The molecular weight excluding hydrogens is 158 g/mol. The molecule has 4 heteroatoms. The van der Waals surface area contributed by atoms with Gasteiger partial charge in [-0.05, 0) is 13.3 Å². The van der Waals surface area contributed by atoms with Crippen molar-refractivity contribution in [1.29, 1.82) is 0 Å². The zero-order valence-electron chi connectivity index (χ0n) is 7.54. The molecule has 1 amide bonds. The first-order valence-electron chi connectivity index (χ1n) is 4.19. The highest BCUT2D eigenvalue weighted by Gasteiger charge is 2.37. The van der Waals surface area contributed by atoms with E-state index < -0.39 is 5.54 Å². The van der Waals surface area contributed by atoms with Crippen molar-refractivity contribution in [2.45, 2.75) is 25.8 Å². The molecule has 1 N–H and O–H groups in total. The minimum atomic E-state index is -0.451. The Morgan fingerprint density at radius 3 is 2.75 bits per heavy atom. The third-order valence-corrected chi connectivity index (χ3v) is 2.51. The van der Waals surface area contributed by atoms with Gasteiger partial charge < -0.3 is 9.84 Å². The maximum Gasteiger partial charge on any atom is 0.410 e. The van der Waals surface area contributed by atoms with Gasteiger partial charge in [-0.25, -0.2) is 4.79 Å². The second-order valence-corrected chi connectivity index (χ2v) is 3.27. The lowest BCUT2D eigenvalue weighted by atomic mass is 9.98. The Kier molecular flexibility index (Phi) is 2.57. The summed E-state index contributed by atoms with van der Waals surface area (Å²) in [5.41, 5.74) is -0.451. The molecule has 0 aliphatic carbocycles. The summed E-state index contributed by atoms with van der Waals surface area (Å²) >= 11 is 0. The summed E-state index contributed by atoms with van der Waals surface area (Å²) < 4.78 is 4.79. The minimum Gasteiger partial charge on any atom is -0.448 e. The molecule has 1 fully saturated rings. The molecule has 4 nitrogen and oxygen atoms in total. The molecule has 1 aliphatic heterocycles. The predicted octanol–water partition coefficient (Wildman–Crippen LogP) is 0.600. The summed E-state index contributed by atoms with van der Waals surface area (Å²) in [6.45, 7) is 4.82. The normalized spacial score (nSPS) is 22.2. The van der Waals surface area contributed by atoms with Gasteiger partial charge in [-0.2, -0.15) is 0 Å². The van der Waals surface area contributed by atoms with Gasteiger partial charge in [-0.15, -0.1) is 0 Å². The number of carbonyl (C=O) groups excluding carboxylic acids is 1. The number of hydrogen-bond acceptors (Lipinski definition) is 3. The number of ether oxygens (including phenoxy) is 1. The van der Waals surface area contributed by atoms with E-state index in [1.807, 2.05) is 13.8 Å². The van der Waals surface area contributed by atoms with Crippen molar-refractivity contribution in [3.63, 3.8) is 0 Å². The molecule has 0 radical (unpaired) electrons. The van der Waals surface area contributed by atoms with E-state index in [1.54, 1.807) is 4.90 Å². The van der Waals surface area contributed by atoms with E-state index in [-0.39, 0.29) is 12.7 Å². The maximum atomic E-state index is 11.1. The fraction of sp³-hybridized carbons (Fsp3) is 0.875. The van der Waals surface area contributed by atoms with Crippen LogP contribution in [0.4, 0.5) is 4.79 Å². The Bertz CT molecular complexity index is 177. The van der Waals surface area contributed by atoms with E-state index in [0.717, 1.165) is 6.42 Å². The molecule has 70 valence electrons. The lowest BCUT2D eigenvalue weighted by Gasteiger charge is -2.34. The van der Waals surface area contributed by atoms with Crippen LogP contribution in [0.15, 0.2) is 0 Å². The maximum absolute atomic E-state index is 11.1. The number of aliphatic hydroxyl groups is 1. The zero-order valence-corrected chi connectivity index (χ0v) is 7.54. The predicted molar refractivity (Wildman–Crippen MR) is 43.8 cm³/mol. The van der Waals surface area contributed by atoms with Crippen LogP contribution in [-0.4, -0.2) is 41.4 Å². The number of cyclic esters (lactones) is 1. The minimum absolute atomic E-state index is 0.0153. The van der Waals surface area contributed by atoms with Gasteiger partial charge in [0.2, 0.25) is 0 Å². The molecule has 1 aliphatic rings. The summed E-state index contributed by atoms with van der Waals surface area (Å²) in [5.74, 6) is 0. The molecule has 1 unspecified atom stereocenters.